The number of hydrogen-bond acceptors (Lipinski definition) is 4. The second-order valence-corrected chi connectivity index (χ2v) is 4.78. The fraction of sp³-hybridized carbons (Fsp3) is 0.500. The molecule has 0 aromatic heterocycles. The van der Waals surface area contributed by atoms with Crippen molar-refractivity contribution in [3.8, 4) is 0 Å². The summed E-state index contributed by atoms with van der Waals surface area (Å²) in [6.07, 6.45) is 0. The molecule has 0 amide bonds. The van der Waals surface area contributed by atoms with Gasteiger partial charge in [0.2, 0.25) is 0 Å². The lowest BCUT2D eigenvalue weighted by molar-refractivity contribution is -0.182. The first-order chi connectivity index (χ1) is 8.68. The minimum atomic E-state index is -0.502. The number of hydrogen-bond donors (Lipinski definition) is 1. The largest absolute Gasteiger partial charge is 0.468 e. The maximum atomic E-state index is 11.7. The van der Waals surface area contributed by atoms with Gasteiger partial charge in [0.25, 0.3) is 0 Å². The molecule has 0 bridgehead atoms. The number of ether oxygens (including phenoxy) is 2. The fourth-order valence-electron chi connectivity index (χ4n) is 2.07. The number of carbonyl (C=O) groups excluding carboxylic acids is 1. The lowest BCUT2D eigenvalue weighted by atomic mass is 9.85. The zero-order chi connectivity index (χ0) is 13.0. The highest BCUT2D eigenvalue weighted by molar-refractivity contribution is 5.78. The van der Waals surface area contributed by atoms with E-state index in [1.807, 2.05) is 18.2 Å². The van der Waals surface area contributed by atoms with Gasteiger partial charge in [0.05, 0.1) is 20.3 Å². The summed E-state index contributed by atoms with van der Waals surface area (Å²) in [6, 6.07) is 10.4. The van der Waals surface area contributed by atoms with E-state index in [1.165, 1.54) is 12.7 Å². The van der Waals surface area contributed by atoms with E-state index in [-0.39, 0.29) is 12.0 Å². The molecule has 1 heterocycles. The summed E-state index contributed by atoms with van der Waals surface area (Å²) in [7, 11) is 1.42. The first kappa shape index (κ1) is 13.1. The van der Waals surface area contributed by atoms with Crippen LogP contribution in [0.1, 0.15) is 18.5 Å². The molecular formula is C14H19NO3. The standard InChI is InChI=1S/C14H19NO3/c1-11(12-6-4-3-5-7-12)15-8-14(9-18-10-14)13(16)17-2/h3-7,11,15H,8-10H2,1-2H3. The second kappa shape index (κ2) is 5.50. The molecule has 0 aliphatic carbocycles. The van der Waals surface area contributed by atoms with Gasteiger partial charge in [-0.25, -0.2) is 0 Å². The van der Waals surface area contributed by atoms with Crippen LogP contribution in [0.5, 0.6) is 0 Å². The van der Waals surface area contributed by atoms with Crippen molar-refractivity contribution in [2.45, 2.75) is 13.0 Å². The summed E-state index contributed by atoms with van der Waals surface area (Å²) in [5.41, 5.74) is 0.704. The van der Waals surface area contributed by atoms with Crippen LogP contribution in [-0.2, 0) is 14.3 Å². The highest BCUT2D eigenvalue weighted by atomic mass is 16.5. The molecule has 0 saturated carbocycles. The third-order valence-electron chi connectivity index (χ3n) is 3.42. The summed E-state index contributed by atoms with van der Waals surface area (Å²) in [6.45, 7) is 3.54. The van der Waals surface area contributed by atoms with Crippen LogP contribution in [0.2, 0.25) is 0 Å². The lowest BCUT2D eigenvalue weighted by Gasteiger charge is -2.39. The Kier molecular flexibility index (Phi) is 3.99. The Balaban J connectivity index is 1.93. The van der Waals surface area contributed by atoms with Crippen LogP contribution < -0.4 is 5.32 Å². The van der Waals surface area contributed by atoms with E-state index in [9.17, 15) is 4.79 Å². The molecular weight excluding hydrogens is 230 g/mol. The molecule has 0 spiro atoms. The molecule has 1 aromatic carbocycles. The predicted molar refractivity (Wildman–Crippen MR) is 68.1 cm³/mol. The van der Waals surface area contributed by atoms with E-state index in [1.54, 1.807) is 0 Å². The Labute approximate surface area is 107 Å². The molecule has 1 N–H and O–H groups in total. The van der Waals surface area contributed by atoms with Crippen LogP contribution in [0.4, 0.5) is 0 Å². The number of nitrogens with one attached hydrogen (secondary N) is 1. The van der Waals surface area contributed by atoms with Crippen molar-refractivity contribution in [2.24, 2.45) is 5.41 Å². The van der Waals surface area contributed by atoms with E-state index in [2.05, 4.69) is 24.4 Å². The van der Waals surface area contributed by atoms with Crippen LogP contribution >= 0.6 is 0 Å². The van der Waals surface area contributed by atoms with Gasteiger partial charge in [0, 0.05) is 12.6 Å². The van der Waals surface area contributed by atoms with Crippen LogP contribution in [0.25, 0.3) is 0 Å². The van der Waals surface area contributed by atoms with Crippen molar-refractivity contribution < 1.29 is 14.3 Å². The maximum absolute atomic E-state index is 11.7. The van der Waals surface area contributed by atoms with Crippen molar-refractivity contribution in [3.05, 3.63) is 35.9 Å². The molecule has 2 rings (SSSR count). The monoisotopic (exact) mass is 249 g/mol. The number of carbonyl (C=O) groups is 1. The molecule has 1 saturated heterocycles. The quantitative estimate of drug-likeness (QED) is 0.804. The van der Waals surface area contributed by atoms with Gasteiger partial charge in [0.15, 0.2) is 0 Å². The Morgan fingerprint density at radius 1 is 1.44 bits per heavy atom. The van der Waals surface area contributed by atoms with E-state index in [0.717, 1.165) is 0 Å². The minimum absolute atomic E-state index is 0.193. The fourth-order valence-corrected chi connectivity index (χ4v) is 2.07. The van der Waals surface area contributed by atoms with Crippen LogP contribution in [0.15, 0.2) is 30.3 Å². The Morgan fingerprint density at radius 2 is 2.11 bits per heavy atom. The smallest absolute Gasteiger partial charge is 0.317 e. The van der Waals surface area contributed by atoms with Crippen molar-refractivity contribution in [2.75, 3.05) is 26.9 Å². The Morgan fingerprint density at radius 3 is 2.61 bits per heavy atom. The zero-order valence-electron chi connectivity index (χ0n) is 10.8. The Hall–Kier alpha value is -1.39. The average molecular weight is 249 g/mol. The molecule has 1 atom stereocenters. The van der Waals surface area contributed by atoms with Crippen LogP contribution in [0.3, 0.4) is 0 Å². The lowest BCUT2D eigenvalue weighted by Crippen LogP contribution is -2.55. The molecule has 1 aliphatic heterocycles. The van der Waals surface area contributed by atoms with Gasteiger partial charge in [-0.05, 0) is 12.5 Å². The van der Waals surface area contributed by atoms with E-state index >= 15 is 0 Å². The van der Waals surface area contributed by atoms with Crippen molar-refractivity contribution in [3.63, 3.8) is 0 Å². The van der Waals surface area contributed by atoms with Gasteiger partial charge in [-0.1, -0.05) is 30.3 Å². The molecule has 1 aromatic rings. The summed E-state index contributed by atoms with van der Waals surface area (Å²) in [5, 5.41) is 3.38. The van der Waals surface area contributed by atoms with Crippen molar-refractivity contribution in [1.82, 2.24) is 5.32 Å². The SMILES string of the molecule is COC(=O)C1(CNC(C)c2ccccc2)COC1. The van der Waals surface area contributed by atoms with Crippen LogP contribution in [-0.4, -0.2) is 32.8 Å². The second-order valence-electron chi connectivity index (χ2n) is 4.78. The first-order valence-electron chi connectivity index (χ1n) is 6.12. The van der Waals surface area contributed by atoms with Gasteiger partial charge in [-0.3, -0.25) is 4.79 Å². The number of methoxy groups -OCH3 is 1. The van der Waals surface area contributed by atoms with Gasteiger partial charge in [0.1, 0.15) is 5.41 Å². The van der Waals surface area contributed by atoms with E-state index in [0.29, 0.717) is 19.8 Å². The van der Waals surface area contributed by atoms with Crippen LogP contribution in [0, 0.1) is 5.41 Å². The molecule has 1 unspecified atom stereocenters. The predicted octanol–water partition coefficient (Wildman–Crippen LogP) is 1.53. The maximum Gasteiger partial charge on any atom is 0.317 e. The Bertz CT molecular complexity index is 401. The summed E-state index contributed by atoms with van der Waals surface area (Å²) in [5.74, 6) is -0.193. The normalized spacial score (nSPS) is 18.8. The summed E-state index contributed by atoms with van der Waals surface area (Å²) >= 11 is 0. The van der Waals surface area contributed by atoms with Crippen molar-refractivity contribution in [1.29, 1.82) is 0 Å². The van der Waals surface area contributed by atoms with Gasteiger partial charge in [-0.15, -0.1) is 0 Å². The molecule has 0 radical (unpaired) electrons. The third-order valence-corrected chi connectivity index (χ3v) is 3.42. The minimum Gasteiger partial charge on any atom is -0.468 e. The van der Waals surface area contributed by atoms with E-state index < -0.39 is 5.41 Å². The third kappa shape index (κ3) is 2.54. The molecule has 4 heteroatoms. The summed E-state index contributed by atoms with van der Waals surface area (Å²) in [4.78, 5) is 11.7. The van der Waals surface area contributed by atoms with Gasteiger partial charge >= 0.3 is 5.97 Å². The molecule has 1 fully saturated rings. The van der Waals surface area contributed by atoms with Crippen molar-refractivity contribution >= 4 is 5.97 Å². The number of benzene rings is 1. The molecule has 4 nitrogen and oxygen atoms in total. The van der Waals surface area contributed by atoms with Gasteiger partial charge in [-0.2, -0.15) is 0 Å². The summed E-state index contributed by atoms with van der Waals surface area (Å²) < 4.78 is 9.99. The number of rotatable bonds is 5. The highest BCUT2D eigenvalue weighted by Gasteiger charge is 2.47. The molecule has 98 valence electrons. The topological polar surface area (TPSA) is 47.6 Å². The van der Waals surface area contributed by atoms with Gasteiger partial charge < -0.3 is 14.8 Å². The molecule has 18 heavy (non-hydrogen) atoms. The van der Waals surface area contributed by atoms with E-state index in [4.69, 9.17) is 9.47 Å². The highest BCUT2D eigenvalue weighted by Crippen LogP contribution is 2.29. The molecule has 1 aliphatic rings. The first-order valence-corrected chi connectivity index (χ1v) is 6.12. The zero-order valence-corrected chi connectivity index (χ0v) is 10.8. The number of esters is 1. The average Bonchev–Trinajstić information content (AvgIpc) is 2.37.